The van der Waals surface area contributed by atoms with E-state index in [-0.39, 0.29) is 30.1 Å². The molecule has 0 radical (unpaired) electrons. The second-order valence-corrected chi connectivity index (χ2v) is 8.69. The van der Waals surface area contributed by atoms with Crippen LogP contribution < -0.4 is 15.5 Å². The molecule has 0 bridgehead atoms. The number of hydrogen-bond donors (Lipinski definition) is 2. The number of morpholine rings is 1. The largest absolute Gasteiger partial charge is 0.378 e. The Balaban J connectivity index is 1.30. The summed E-state index contributed by atoms with van der Waals surface area (Å²) in [5.41, 5.74) is 0.461. The van der Waals surface area contributed by atoms with E-state index in [0.29, 0.717) is 30.6 Å². The molecule has 2 aromatic rings. The first-order valence-corrected chi connectivity index (χ1v) is 11.9. The third-order valence-electron chi connectivity index (χ3n) is 5.31. The molecule has 1 aromatic heterocycles. The number of aromatic nitrogens is 3. The molecule has 3 heterocycles. The highest BCUT2D eigenvalue weighted by molar-refractivity contribution is 7.99. The van der Waals surface area contributed by atoms with Crippen LogP contribution in [0.4, 0.5) is 16.0 Å². The zero-order valence-electron chi connectivity index (χ0n) is 18.2. The Morgan fingerprint density at radius 1 is 1.12 bits per heavy atom. The molecule has 0 saturated carbocycles. The van der Waals surface area contributed by atoms with Crippen LogP contribution in [0.25, 0.3) is 0 Å². The molecular formula is C21H27FN6O4S. The van der Waals surface area contributed by atoms with Crippen LogP contribution >= 0.6 is 11.8 Å². The zero-order chi connectivity index (χ0) is 23.0. The molecule has 2 aliphatic heterocycles. The standard InChI is InChI=1S/C21H27FN6O4S/c22-15-3-5-16(6-4-15)24-18(29)12-23-19(30)14-33-21-26-25-20(27-7-10-31-11-8-27)28(21)13-17-2-1-9-32-17/h3-6,17H,1-2,7-14H2,(H,23,30)(H,24,29). The molecular weight excluding hydrogens is 451 g/mol. The van der Waals surface area contributed by atoms with Crippen molar-refractivity contribution in [3.63, 3.8) is 0 Å². The van der Waals surface area contributed by atoms with Crippen LogP contribution in [0.5, 0.6) is 0 Å². The van der Waals surface area contributed by atoms with Crippen molar-refractivity contribution in [2.24, 2.45) is 0 Å². The summed E-state index contributed by atoms with van der Waals surface area (Å²) >= 11 is 1.27. The van der Waals surface area contributed by atoms with E-state index >= 15 is 0 Å². The number of ether oxygens (including phenoxy) is 2. The number of rotatable bonds is 9. The average molecular weight is 479 g/mol. The number of hydrogen-bond acceptors (Lipinski definition) is 8. The van der Waals surface area contributed by atoms with Gasteiger partial charge < -0.3 is 25.0 Å². The lowest BCUT2D eigenvalue weighted by Gasteiger charge is -2.28. The number of amides is 2. The van der Waals surface area contributed by atoms with Crippen LogP contribution in [-0.4, -0.2) is 77.9 Å². The summed E-state index contributed by atoms with van der Waals surface area (Å²) in [4.78, 5) is 26.5. The van der Waals surface area contributed by atoms with Gasteiger partial charge in [0.05, 0.1) is 38.2 Å². The van der Waals surface area contributed by atoms with Crippen molar-refractivity contribution >= 4 is 35.2 Å². The van der Waals surface area contributed by atoms with Gasteiger partial charge in [0, 0.05) is 25.4 Å². The van der Waals surface area contributed by atoms with E-state index in [2.05, 4.69) is 25.7 Å². The predicted octanol–water partition coefficient (Wildman–Crippen LogP) is 1.28. The minimum Gasteiger partial charge on any atom is -0.378 e. The number of anilines is 2. The van der Waals surface area contributed by atoms with Gasteiger partial charge in [0.15, 0.2) is 5.16 Å². The van der Waals surface area contributed by atoms with Gasteiger partial charge >= 0.3 is 0 Å². The average Bonchev–Trinajstić information content (AvgIpc) is 3.49. The van der Waals surface area contributed by atoms with Crippen molar-refractivity contribution in [2.45, 2.75) is 30.6 Å². The Morgan fingerprint density at radius 3 is 2.64 bits per heavy atom. The maximum absolute atomic E-state index is 13.0. The molecule has 1 aromatic carbocycles. The van der Waals surface area contributed by atoms with Crippen molar-refractivity contribution in [1.82, 2.24) is 20.1 Å². The third-order valence-corrected chi connectivity index (χ3v) is 6.27. The molecule has 178 valence electrons. The van der Waals surface area contributed by atoms with Gasteiger partial charge in [-0.05, 0) is 37.1 Å². The van der Waals surface area contributed by atoms with Gasteiger partial charge in [-0.2, -0.15) is 0 Å². The summed E-state index contributed by atoms with van der Waals surface area (Å²) in [6, 6.07) is 5.42. The van der Waals surface area contributed by atoms with Crippen LogP contribution in [0.3, 0.4) is 0 Å². The zero-order valence-corrected chi connectivity index (χ0v) is 19.0. The first-order chi connectivity index (χ1) is 16.1. The summed E-state index contributed by atoms with van der Waals surface area (Å²) in [6.45, 7) is 3.94. The van der Waals surface area contributed by atoms with E-state index in [9.17, 15) is 14.0 Å². The first-order valence-electron chi connectivity index (χ1n) is 10.9. The normalized spacial score (nSPS) is 18.3. The third kappa shape index (κ3) is 6.65. The number of thioether (sulfide) groups is 1. The Bertz CT molecular complexity index is 945. The van der Waals surface area contributed by atoms with Crippen molar-refractivity contribution in [3.05, 3.63) is 30.1 Å². The maximum Gasteiger partial charge on any atom is 0.243 e. The molecule has 2 N–H and O–H groups in total. The van der Waals surface area contributed by atoms with E-state index < -0.39 is 5.91 Å². The molecule has 1 unspecified atom stereocenters. The molecule has 12 heteroatoms. The Labute approximate surface area is 195 Å². The maximum atomic E-state index is 13.0. The van der Waals surface area contributed by atoms with Gasteiger partial charge in [0.2, 0.25) is 17.8 Å². The van der Waals surface area contributed by atoms with Crippen LogP contribution in [0, 0.1) is 5.82 Å². The molecule has 0 spiro atoms. The highest BCUT2D eigenvalue weighted by atomic mass is 32.2. The SMILES string of the molecule is O=C(CSc1nnc(N2CCOCC2)n1CC1CCCO1)NCC(=O)Nc1ccc(F)cc1. The monoisotopic (exact) mass is 478 g/mol. The van der Waals surface area contributed by atoms with Gasteiger partial charge in [-0.25, -0.2) is 4.39 Å². The summed E-state index contributed by atoms with van der Waals surface area (Å²) in [5.74, 6) is -0.223. The summed E-state index contributed by atoms with van der Waals surface area (Å²) in [6.07, 6.45) is 2.11. The molecule has 2 fully saturated rings. The topological polar surface area (TPSA) is 111 Å². The van der Waals surface area contributed by atoms with Crippen molar-refractivity contribution in [2.75, 3.05) is 55.4 Å². The second kappa shape index (κ2) is 11.4. The second-order valence-electron chi connectivity index (χ2n) is 7.75. The number of carbonyl (C=O) groups excluding carboxylic acids is 2. The van der Waals surface area contributed by atoms with Crippen LogP contribution in [-0.2, 0) is 25.6 Å². The fourth-order valence-corrected chi connectivity index (χ4v) is 4.41. The Hall–Kier alpha value is -2.70. The Morgan fingerprint density at radius 2 is 1.91 bits per heavy atom. The molecule has 10 nitrogen and oxygen atoms in total. The molecule has 2 aliphatic rings. The molecule has 2 amide bonds. The molecule has 2 saturated heterocycles. The van der Waals surface area contributed by atoms with E-state index in [1.54, 1.807) is 0 Å². The lowest BCUT2D eigenvalue weighted by atomic mass is 10.2. The van der Waals surface area contributed by atoms with Gasteiger partial charge in [-0.1, -0.05) is 11.8 Å². The highest BCUT2D eigenvalue weighted by Gasteiger charge is 2.25. The van der Waals surface area contributed by atoms with Crippen LogP contribution in [0.1, 0.15) is 12.8 Å². The molecule has 1 atom stereocenters. The first kappa shape index (κ1) is 23.5. The van der Waals surface area contributed by atoms with Crippen molar-refractivity contribution in [1.29, 1.82) is 0 Å². The fraction of sp³-hybridized carbons (Fsp3) is 0.524. The quantitative estimate of drug-likeness (QED) is 0.519. The lowest BCUT2D eigenvalue weighted by molar-refractivity contribution is -0.122. The summed E-state index contributed by atoms with van der Waals surface area (Å²) in [5, 5.41) is 14.5. The smallest absolute Gasteiger partial charge is 0.243 e. The summed E-state index contributed by atoms with van der Waals surface area (Å²) < 4.78 is 26.2. The van der Waals surface area contributed by atoms with E-state index in [0.717, 1.165) is 38.5 Å². The minimum atomic E-state index is -0.392. The van der Waals surface area contributed by atoms with E-state index in [1.165, 1.54) is 36.0 Å². The van der Waals surface area contributed by atoms with E-state index in [4.69, 9.17) is 9.47 Å². The van der Waals surface area contributed by atoms with Gasteiger partial charge in [0.1, 0.15) is 5.82 Å². The van der Waals surface area contributed by atoms with Gasteiger partial charge in [-0.15, -0.1) is 10.2 Å². The van der Waals surface area contributed by atoms with Crippen molar-refractivity contribution in [3.8, 4) is 0 Å². The fourth-order valence-electron chi connectivity index (χ4n) is 3.64. The van der Waals surface area contributed by atoms with Gasteiger partial charge in [0.25, 0.3) is 0 Å². The number of nitrogens with zero attached hydrogens (tertiary/aromatic N) is 4. The van der Waals surface area contributed by atoms with Crippen molar-refractivity contribution < 1.29 is 23.5 Å². The minimum absolute atomic E-state index is 0.0938. The number of carbonyl (C=O) groups is 2. The molecule has 33 heavy (non-hydrogen) atoms. The molecule has 0 aliphatic carbocycles. The predicted molar refractivity (Wildman–Crippen MR) is 121 cm³/mol. The number of benzene rings is 1. The Kier molecular flexibility index (Phi) is 8.13. The summed E-state index contributed by atoms with van der Waals surface area (Å²) in [7, 11) is 0. The number of halogens is 1. The van der Waals surface area contributed by atoms with Crippen LogP contribution in [0.15, 0.2) is 29.4 Å². The lowest BCUT2D eigenvalue weighted by Crippen LogP contribution is -2.38. The number of nitrogens with one attached hydrogen (secondary N) is 2. The van der Waals surface area contributed by atoms with Gasteiger partial charge in [-0.3, -0.25) is 14.2 Å². The van der Waals surface area contributed by atoms with E-state index in [1.807, 2.05) is 4.57 Å². The molecule has 4 rings (SSSR count). The van der Waals surface area contributed by atoms with Crippen LogP contribution in [0.2, 0.25) is 0 Å². The highest BCUT2D eigenvalue weighted by Crippen LogP contribution is 2.25.